The molecule has 2 N–H and O–H groups in total. The Bertz CT molecular complexity index is 1910. The number of allylic oxidation sites excluding steroid dienone is 1. The third kappa shape index (κ3) is 8.89. The number of carbonyl (C=O) groups is 4. The predicted molar refractivity (Wildman–Crippen MR) is 209 cm³/mol. The van der Waals surface area contributed by atoms with Crippen molar-refractivity contribution < 1.29 is 48.0 Å². The Balaban J connectivity index is 0.987. The van der Waals surface area contributed by atoms with Crippen molar-refractivity contribution in [3.8, 4) is 0 Å². The third-order valence-corrected chi connectivity index (χ3v) is 12.0. The summed E-state index contributed by atoms with van der Waals surface area (Å²) < 4.78 is 30.9. The summed E-state index contributed by atoms with van der Waals surface area (Å²) in [4.78, 5) is 56.0. The average molecular weight is 783 g/mol. The fourth-order valence-corrected chi connectivity index (χ4v) is 9.19. The molecule has 8 rings (SSSR count). The van der Waals surface area contributed by atoms with Crippen molar-refractivity contribution in [3.63, 3.8) is 0 Å². The summed E-state index contributed by atoms with van der Waals surface area (Å²) in [5, 5.41) is 12.9. The van der Waals surface area contributed by atoms with Gasteiger partial charge in [0.1, 0.15) is 30.0 Å². The van der Waals surface area contributed by atoms with E-state index in [1.807, 2.05) is 36.4 Å². The van der Waals surface area contributed by atoms with Crippen molar-refractivity contribution in [2.75, 3.05) is 13.2 Å². The van der Waals surface area contributed by atoms with Crippen LogP contribution in [0, 0.1) is 5.92 Å². The standard InChI is InChI=1S/C45H54N2O10/c1-44(2,3)56-39(49)19-17-32(26-48)46-41(50)34-13-8-20-47(34)42(51)31-22-37(40-38(23-31)55-45(57-40)24-29-10-4-5-11-30(29)25-45)54-43(52)33-12-7-6-9-28(33)16-14-27-15-18-35-36(21-27)53-35/h4-7,9-12,14,16,23,27,32,34-38,40,48H,8,13,15,17-22,24-26H2,1-3H3,(H,46,50). The number of benzene rings is 2. The van der Waals surface area contributed by atoms with Gasteiger partial charge >= 0.3 is 11.9 Å². The molecule has 3 aliphatic heterocycles. The highest BCUT2D eigenvalue weighted by Gasteiger charge is 2.55. The summed E-state index contributed by atoms with van der Waals surface area (Å²) in [6, 6.07) is 14.0. The van der Waals surface area contributed by atoms with Gasteiger partial charge in [0.2, 0.25) is 11.8 Å². The van der Waals surface area contributed by atoms with E-state index in [4.69, 9.17) is 23.7 Å². The minimum atomic E-state index is -0.960. The van der Waals surface area contributed by atoms with Crippen LogP contribution in [0.25, 0.3) is 6.08 Å². The van der Waals surface area contributed by atoms with Crippen LogP contribution in [-0.2, 0) is 50.9 Å². The first kappa shape index (κ1) is 39.5. The van der Waals surface area contributed by atoms with Crippen molar-refractivity contribution in [2.45, 2.75) is 139 Å². The summed E-state index contributed by atoms with van der Waals surface area (Å²) in [5.74, 6) is -2.24. The second-order valence-corrected chi connectivity index (χ2v) is 17.4. The lowest BCUT2D eigenvalue weighted by molar-refractivity contribution is -0.172. The molecular weight excluding hydrogens is 728 g/mol. The molecule has 8 atom stereocenters. The van der Waals surface area contributed by atoms with Gasteiger partial charge in [-0.15, -0.1) is 0 Å². The number of esters is 2. The number of ether oxygens (including phenoxy) is 5. The first-order valence-corrected chi connectivity index (χ1v) is 20.6. The first-order valence-electron chi connectivity index (χ1n) is 20.6. The maximum Gasteiger partial charge on any atom is 0.339 e. The van der Waals surface area contributed by atoms with E-state index in [9.17, 15) is 24.3 Å². The number of fused-ring (bicyclic) bond motifs is 3. The van der Waals surface area contributed by atoms with Crippen LogP contribution in [0.4, 0.5) is 0 Å². The minimum absolute atomic E-state index is 0.0256. The van der Waals surface area contributed by atoms with Crippen LogP contribution in [0.1, 0.15) is 99.2 Å². The Morgan fingerprint density at radius 2 is 1.75 bits per heavy atom. The second-order valence-electron chi connectivity index (χ2n) is 17.4. The summed E-state index contributed by atoms with van der Waals surface area (Å²) in [6.07, 6.45) is 10.1. The van der Waals surface area contributed by atoms with E-state index in [2.05, 4.69) is 23.5 Å². The third-order valence-electron chi connectivity index (χ3n) is 12.0. The Kier molecular flexibility index (Phi) is 11.2. The molecule has 1 spiro atoms. The number of likely N-dealkylation sites (tertiary alicyclic amines) is 1. The SMILES string of the molecule is CC(C)(C)OC(=O)CCC(CO)NC(=O)C1CCCN1C(=O)C1=CC2OC3(Cc4ccccc4C3)OC2C(OC(=O)c2ccccc2C=CC2CCC3OC3C2)C1. The molecule has 2 aromatic rings. The fourth-order valence-electron chi connectivity index (χ4n) is 9.19. The molecule has 1 saturated carbocycles. The highest BCUT2D eigenvalue weighted by molar-refractivity contribution is 5.98. The fraction of sp³-hybridized carbons (Fsp3) is 0.556. The van der Waals surface area contributed by atoms with Gasteiger partial charge in [-0.25, -0.2) is 4.79 Å². The highest BCUT2D eigenvalue weighted by atomic mass is 16.8. The Labute approximate surface area is 333 Å². The number of aliphatic hydroxyl groups is 1. The molecular formula is C45H54N2O10. The molecule has 57 heavy (non-hydrogen) atoms. The van der Waals surface area contributed by atoms with E-state index in [0.29, 0.717) is 61.5 Å². The van der Waals surface area contributed by atoms with Gasteiger partial charge in [-0.2, -0.15) is 0 Å². The van der Waals surface area contributed by atoms with Gasteiger partial charge in [0.05, 0.1) is 30.4 Å². The Morgan fingerprint density at radius 1 is 1.00 bits per heavy atom. The summed E-state index contributed by atoms with van der Waals surface area (Å²) >= 11 is 0. The molecule has 2 amide bonds. The van der Waals surface area contributed by atoms with Crippen molar-refractivity contribution in [1.82, 2.24) is 10.2 Å². The Hall–Kier alpha value is -4.36. The van der Waals surface area contributed by atoms with Gasteiger partial charge in [0.15, 0.2) is 5.79 Å². The number of hydrogen-bond acceptors (Lipinski definition) is 10. The van der Waals surface area contributed by atoms with E-state index >= 15 is 0 Å². The summed E-state index contributed by atoms with van der Waals surface area (Å²) in [6.45, 7) is 5.33. The minimum Gasteiger partial charge on any atom is -0.460 e. The predicted octanol–water partition coefficient (Wildman–Crippen LogP) is 4.99. The number of carbonyl (C=O) groups excluding carboxylic acids is 4. The number of rotatable bonds is 11. The van der Waals surface area contributed by atoms with E-state index in [0.717, 1.165) is 36.0 Å². The Morgan fingerprint density at radius 3 is 2.49 bits per heavy atom. The smallest absolute Gasteiger partial charge is 0.339 e. The zero-order valence-electron chi connectivity index (χ0n) is 33.0. The van der Waals surface area contributed by atoms with E-state index in [-0.39, 0.29) is 31.8 Å². The number of nitrogens with zero attached hydrogens (tertiary/aromatic N) is 1. The molecule has 3 saturated heterocycles. The maximum absolute atomic E-state index is 14.4. The maximum atomic E-state index is 14.4. The lowest BCUT2D eigenvalue weighted by Crippen LogP contribution is -2.51. The molecule has 4 fully saturated rings. The van der Waals surface area contributed by atoms with Crippen molar-refractivity contribution >= 4 is 29.8 Å². The molecule has 304 valence electrons. The van der Waals surface area contributed by atoms with Gasteiger partial charge in [-0.1, -0.05) is 54.6 Å². The number of amides is 2. The largest absolute Gasteiger partial charge is 0.460 e. The number of nitrogens with one attached hydrogen (secondary N) is 1. The summed E-state index contributed by atoms with van der Waals surface area (Å²) in [7, 11) is 0. The van der Waals surface area contributed by atoms with Gasteiger partial charge in [-0.05, 0) is 94.0 Å². The average Bonchev–Trinajstić information content (AvgIpc) is 3.46. The number of epoxide rings is 1. The second kappa shape index (κ2) is 16.1. The molecule has 3 heterocycles. The van der Waals surface area contributed by atoms with Gasteiger partial charge in [-0.3, -0.25) is 14.4 Å². The van der Waals surface area contributed by atoms with Crippen LogP contribution in [0.2, 0.25) is 0 Å². The molecule has 0 aromatic heterocycles. The zero-order valence-corrected chi connectivity index (χ0v) is 33.0. The lowest BCUT2D eigenvalue weighted by atomic mass is 9.88. The monoisotopic (exact) mass is 782 g/mol. The van der Waals surface area contributed by atoms with E-state index in [1.165, 1.54) is 0 Å². The van der Waals surface area contributed by atoms with Crippen LogP contribution in [0.5, 0.6) is 0 Å². The molecule has 2 aromatic carbocycles. The van der Waals surface area contributed by atoms with Crippen LogP contribution in [0.3, 0.4) is 0 Å². The quantitative estimate of drug-likeness (QED) is 0.236. The van der Waals surface area contributed by atoms with Gasteiger partial charge < -0.3 is 39.0 Å². The summed E-state index contributed by atoms with van der Waals surface area (Å²) in [5.41, 5.74) is 3.18. The van der Waals surface area contributed by atoms with Crippen LogP contribution >= 0.6 is 0 Å². The lowest BCUT2D eigenvalue weighted by Gasteiger charge is -2.33. The van der Waals surface area contributed by atoms with Crippen LogP contribution in [-0.4, -0.2) is 101 Å². The molecule has 3 aliphatic carbocycles. The molecule has 8 unspecified atom stereocenters. The number of hydrogen-bond donors (Lipinski definition) is 2. The van der Waals surface area contributed by atoms with Crippen molar-refractivity contribution in [2.24, 2.45) is 5.92 Å². The van der Waals surface area contributed by atoms with Gasteiger partial charge in [0.25, 0.3) is 0 Å². The molecule has 12 nitrogen and oxygen atoms in total. The molecule has 0 radical (unpaired) electrons. The van der Waals surface area contributed by atoms with E-state index < -0.39 is 59.6 Å². The number of aliphatic hydroxyl groups excluding tert-OH is 1. The van der Waals surface area contributed by atoms with Crippen molar-refractivity contribution in [3.05, 3.63) is 88.5 Å². The van der Waals surface area contributed by atoms with E-state index in [1.54, 1.807) is 37.8 Å². The van der Waals surface area contributed by atoms with Crippen molar-refractivity contribution in [1.29, 1.82) is 0 Å². The van der Waals surface area contributed by atoms with Crippen LogP contribution < -0.4 is 5.32 Å². The highest BCUT2D eigenvalue weighted by Crippen LogP contribution is 2.45. The topological polar surface area (TPSA) is 153 Å². The first-order chi connectivity index (χ1) is 27.4. The zero-order chi connectivity index (χ0) is 39.9. The molecule has 0 bridgehead atoms. The normalized spacial score (nSPS) is 28.9. The van der Waals surface area contributed by atoms with Crippen LogP contribution in [0.15, 0.2) is 66.3 Å². The van der Waals surface area contributed by atoms with Gasteiger partial charge in [0, 0.05) is 37.8 Å². The molecule has 6 aliphatic rings. The molecule has 12 heteroatoms.